The Labute approximate surface area is 137 Å². The highest BCUT2D eigenvalue weighted by Gasteiger charge is 2.47. The first kappa shape index (κ1) is 16.4. The standard InChI is InChI=1S/C18H16F3NO2/c1-17(11-4-6-12(23-2)7-5-11)15-9-8-13(24-3)10-14(15)16(22-17)18(19,20)21/h4-10H,1-3H3/t17-/m1/s1. The zero-order chi connectivity index (χ0) is 17.5. The van der Waals surface area contributed by atoms with Gasteiger partial charge >= 0.3 is 6.18 Å². The van der Waals surface area contributed by atoms with Crippen molar-refractivity contribution in [2.24, 2.45) is 4.99 Å². The molecule has 1 heterocycles. The maximum atomic E-state index is 13.5. The zero-order valence-electron chi connectivity index (χ0n) is 13.4. The Hall–Kier alpha value is -2.50. The summed E-state index contributed by atoms with van der Waals surface area (Å²) in [4.78, 5) is 4.06. The molecule has 3 nitrogen and oxygen atoms in total. The lowest BCUT2D eigenvalue weighted by molar-refractivity contribution is -0.0581. The first-order valence-electron chi connectivity index (χ1n) is 7.30. The molecule has 0 N–H and O–H groups in total. The van der Waals surface area contributed by atoms with Crippen LogP contribution in [0.3, 0.4) is 0 Å². The highest BCUT2D eigenvalue weighted by molar-refractivity contribution is 6.09. The zero-order valence-corrected chi connectivity index (χ0v) is 13.4. The minimum atomic E-state index is -4.54. The highest BCUT2D eigenvalue weighted by Crippen LogP contribution is 2.45. The molecule has 0 unspecified atom stereocenters. The SMILES string of the molecule is COc1ccc([C@@]2(C)N=C(C(F)(F)F)c3cc(OC)ccc32)cc1. The molecule has 1 aliphatic rings. The van der Waals surface area contributed by atoms with Crippen LogP contribution in [0, 0.1) is 0 Å². The minimum absolute atomic E-state index is 0.0557. The van der Waals surface area contributed by atoms with Crippen LogP contribution < -0.4 is 9.47 Å². The van der Waals surface area contributed by atoms with Crippen molar-refractivity contribution in [2.75, 3.05) is 14.2 Å². The smallest absolute Gasteiger partial charge is 0.433 e. The predicted octanol–water partition coefficient (Wildman–Crippen LogP) is 4.33. The van der Waals surface area contributed by atoms with E-state index in [1.54, 1.807) is 43.3 Å². The number of methoxy groups -OCH3 is 2. The molecule has 2 aromatic rings. The third-order valence-corrected chi connectivity index (χ3v) is 4.26. The van der Waals surface area contributed by atoms with Crippen LogP contribution in [-0.4, -0.2) is 26.1 Å². The highest BCUT2D eigenvalue weighted by atomic mass is 19.4. The number of hydrogen-bond acceptors (Lipinski definition) is 3. The molecule has 3 rings (SSSR count). The maximum Gasteiger partial charge on any atom is 0.433 e. The van der Waals surface area contributed by atoms with Gasteiger partial charge in [-0.15, -0.1) is 0 Å². The Morgan fingerprint density at radius 2 is 1.50 bits per heavy atom. The Bertz CT molecular complexity index is 797. The van der Waals surface area contributed by atoms with Gasteiger partial charge in [0.15, 0.2) is 0 Å². The van der Waals surface area contributed by atoms with E-state index in [0.717, 1.165) is 0 Å². The second-order valence-corrected chi connectivity index (χ2v) is 5.67. The van der Waals surface area contributed by atoms with Gasteiger partial charge in [-0.3, -0.25) is 4.99 Å². The lowest BCUT2D eigenvalue weighted by atomic mass is 9.84. The topological polar surface area (TPSA) is 30.8 Å². The molecule has 0 saturated heterocycles. The summed E-state index contributed by atoms with van der Waals surface area (Å²) in [5.41, 5.74) is -0.775. The molecule has 0 spiro atoms. The average molecular weight is 335 g/mol. The Morgan fingerprint density at radius 1 is 0.917 bits per heavy atom. The lowest BCUT2D eigenvalue weighted by Gasteiger charge is -2.23. The molecule has 0 bridgehead atoms. The van der Waals surface area contributed by atoms with E-state index in [-0.39, 0.29) is 5.56 Å². The largest absolute Gasteiger partial charge is 0.497 e. The Morgan fingerprint density at radius 3 is 2.04 bits per heavy atom. The average Bonchev–Trinajstić information content (AvgIpc) is 2.89. The van der Waals surface area contributed by atoms with Crippen LogP contribution in [0.2, 0.25) is 0 Å². The number of rotatable bonds is 3. The van der Waals surface area contributed by atoms with Gasteiger partial charge in [0, 0.05) is 5.56 Å². The number of hydrogen-bond donors (Lipinski definition) is 0. The summed E-state index contributed by atoms with van der Waals surface area (Å²) in [7, 11) is 2.96. The van der Waals surface area contributed by atoms with Gasteiger partial charge in [-0.05, 0) is 42.3 Å². The monoisotopic (exact) mass is 335 g/mol. The van der Waals surface area contributed by atoms with Gasteiger partial charge < -0.3 is 9.47 Å². The number of alkyl halides is 3. The molecule has 1 aliphatic heterocycles. The third-order valence-electron chi connectivity index (χ3n) is 4.26. The van der Waals surface area contributed by atoms with Crippen molar-refractivity contribution in [1.82, 2.24) is 0 Å². The number of benzene rings is 2. The van der Waals surface area contributed by atoms with E-state index >= 15 is 0 Å². The normalized spacial score (nSPS) is 19.7. The molecule has 1 atom stereocenters. The van der Waals surface area contributed by atoms with Crippen molar-refractivity contribution >= 4 is 5.71 Å². The first-order chi connectivity index (χ1) is 11.3. The van der Waals surface area contributed by atoms with E-state index in [9.17, 15) is 13.2 Å². The maximum absolute atomic E-state index is 13.5. The van der Waals surface area contributed by atoms with E-state index in [0.29, 0.717) is 22.6 Å². The van der Waals surface area contributed by atoms with Crippen LogP contribution in [0.25, 0.3) is 0 Å². The summed E-state index contributed by atoms with van der Waals surface area (Å²) in [6.45, 7) is 1.68. The van der Waals surface area contributed by atoms with Crippen molar-refractivity contribution in [3.05, 3.63) is 59.2 Å². The fourth-order valence-corrected chi connectivity index (χ4v) is 2.97. The number of ether oxygens (including phenoxy) is 2. The summed E-state index contributed by atoms with van der Waals surface area (Å²) in [5.74, 6) is 1.00. The summed E-state index contributed by atoms with van der Waals surface area (Å²) < 4.78 is 50.6. The van der Waals surface area contributed by atoms with E-state index in [4.69, 9.17) is 9.47 Å². The number of nitrogens with zero attached hydrogens (tertiary/aromatic N) is 1. The van der Waals surface area contributed by atoms with Crippen molar-refractivity contribution in [1.29, 1.82) is 0 Å². The van der Waals surface area contributed by atoms with Crippen molar-refractivity contribution in [2.45, 2.75) is 18.6 Å². The lowest BCUT2D eigenvalue weighted by Crippen LogP contribution is -2.23. The van der Waals surface area contributed by atoms with Gasteiger partial charge in [0.25, 0.3) is 0 Å². The third kappa shape index (κ3) is 2.52. The molecule has 0 aliphatic carbocycles. The van der Waals surface area contributed by atoms with Gasteiger partial charge in [-0.1, -0.05) is 18.2 Å². The molecular weight excluding hydrogens is 319 g/mol. The van der Waals surface area contributed by atoms with Crippen molar-refractivity contribution < 1.29 is 22.6 Å². The summed E-state index contributed by atoms with van der Waals surface area (Å²) in [5, 5.41) is 0. The summed E-state index contributed by atoms with van der Waals surface area (Å²) in [6, 6.07) is 11.6. The predicted molar refractivity (Wildman–Crippen MR) is 85.0 cm³/mol. The quantitative estimate of drug-likeness (QED) is 0.836. The van der Waals surface area contributed by atoms with Crippen LogP contribution in [0.4, 0.5) is 13.2 Å². The van der Waals surface area contributed by atoms with Gasteiger partial charge in [-0.25, -0.2) is 0 Å². The van der Waals surface area contributed by atoms with Crippen molar-refractivity contribution in [3.8, 4) is 11.5 Å². The molecule has 0 saturated carbocycles. The molecule has 24 heavy (non-hydrogen) atoms. The molecule has 0 amide bonds. The summed E-state index contributed by atoms with van der Waals surface area (Å²) in [6.07, 6.45) is -4.54. The number of fused-ring (bicyclic) bond motifs is 1. The number of halogens is 3. The Balaban J connectivity index is 2.20. The van der Waals surface area contributed by atoms with Crippen LogP contribution in [0.1, 0.15) is 23.6 Å². The molecule has 2 aromatic carbocycles. The van der Waals surface area contributed by atoms with E-state index in [1.807, 2.05) is 0 Å². The molecule has 0 fully saturated rings. The van der Waals surface area contributed by atoms with Gasteiger partial charge in [0.1, 0.15) is 22.7 Å². The van der Waals surface area contributed by atoms with Crippen molar-refractivity contribution in [3.63, 3.8) is 0 Å². The van der Waals surface area contributed by atoms with Crippen LogP contribution >= 0.6 is 0 Å². The molecule has 126 valence electrons. The molecule has 0 radical (unpaired) electrons. The fraction of sp³-hybridized carbons (Fsp3) is 0.278. The molecular formula is C18H16F3NO2. The summed E-state index contributed by atoms with van der Waals surface area (Å²) >= 11 is 0. The van der Waals surface area contributed by atoms with Gasteiger partial charge in [0.2, 0.25) is 0 Å². The second-order valence-electron chi connectivity index (χ2n) is 5.67. The van der Waals surface area contributed by atoms with Gasteiger partial charge in [0.05, 0.1) is 14.2 Å². The molecule has 6 heteroatoms. The van der Waals surface area contributed by atoms with Crippen LogP contribution in [0.5, 0.6) is 11.5 Å². The van der Waals surface area contributed by atoms with E-state index in [2.05, 4.69) is 4.99 Å². The number of aliphatic imine (C=N–C) groups is 1. The Kier molecular flexibility index (Phi) is 3.78. The van der Waals surface area contributed by atoms with E-state index < -0.39 is 17.4 Å². The minimum Gasteiger partial charge on any atom is -0.497 e. The second kappa shape index (κ2) is 5.54. The fourth-order valence-electron chi connectivity index (χ4n) is 2.97. The van der Waals surface area contributed by atoms with E-state index in [1.165, 1.54) is 20.3 Å². The van der Waals surface area contributed by atoms with Gasteiger partial charge in [-0.2, -0.15) is 13.2 Å². The van der Waals surface area contributed by atoms with Crippen LogP contribution in [-0.2, 0) is 5.54 Å². The first-order valence-corrected chi connectivity index (χ1v) is 7.30. The molecule has 0 aromatic heterocycles. The van der Waals surface area contributed by atoms with Crippen LogP contribution in [0.15, 0.2) is 47.5 Å².